The van der Waals surface area contributed by atoms with Gasteiger partial charge in [0.15, 0.2) is 0 Å². The van der Waals surface area contributed by atoms with E-state index in [1.54, 1.807) is 0 Å². The summed E-state index contributed by atoms with van der Waals surface area (Å²) in [7, 11) is 0. The number of carboxylic acid groups (broad SMARTS) is 1. The lowest BCUT2D eigenvalue weighted by molar-refractivity contribution is -0.147. The minimum atomic E-state index is -0.765. The fourth-order valence-electron chi connectivity index (χ4n) is 3.75. The summed E-state index contributed by atoms with van der Waals surface area (Å²) in [4.78, 5) is 11.5. The Morgan fingerprint density at radius 2 is 1.62 bits per heavy atom. The lowest BCUT2D eigenvalue weighted by atomic mass is 9.73. The van der Waals surface area contributed by atoms with Gasteiger partial charge in [0.25, 0.3) is 0 Å². The average Bonchev–Trinajstić information content (AvgIpc) is 2.45. The Hall–Kier alpha value is -1.35. The molecular weight excluding hydrogens is 264 g/mol. The second-order valence-electron chi connectivity index (χ2n) is 6.51. The Bertz CT molecular complexity index is 522. The first kappa shape index (κ1) is 16.0. The van der Waals surface area contributed by atoms with Crippen molar-refractivity contribution in [1.82, 2.24) is 0 Å². The molecule has 1 fully saturated rings. The second-order valence-corrected chi connectivity index (χ2v) is 6.51. The van der Waals surface area contributed by atoms with Gasteiger partial charge in [-0.25, -0.2) is 0 Å². The topological polar surface area (TPSA) is 57.5 Å². The maximum absolute atomic E-state index is 11.5. The summed E-state index contributed by atoms with van der Waals surface area (Å²) in [6.45, 7) is 8.15. The normalized spacial score (nSPS) is 23.9. The van der Waals surface area contributed by atoms with E-state index in [0.29, 0.717) is 6.42 Å². The number of aryl methyl sites for hydroxylation is 2. The third-order valence-electron chi connectivity index (χ3n) is 5.26. The molecule has 1 aliphatic carbocycles. The largest absolute Gasteiger partial charge is 0.481 e. The molecule has 3 heteroatoms. The summed E-state index contributed by atoms with van der Waals surface area (Å²) in [6, 6.07) is 2.14. The van der Waals surface area contributed by atoms with Crippen LogP contribution in [-0.2, 0) is 4.79 Å². The Kier molecular flexibility index (Phi) is 4.72. The minimum Gasteiger partial charge on any atom is -0.481 e. The van der Waals surface area contributed by atoms with Crippen LogP contribution in [0.2, 0.25) is 0 Å². The van der Waals surface area contributed by atoms with Gasteiger partial charge in [0.05, 0.1) is 12.0 Å². The molecule has 0 spiro atoms. The molecule has 0 aliphatic heterocycles. The van der Waals surface area contributed by atoms with Gasteiger partial charge in [-0.3, -0.25) is 4.79 Å². The van der Waals surface area contributed by atoms with Gasteiger partial charge in [0.1, 0.15) is 0 Å². The molecule has 2 N–H and O–H groups in total. The van der Waals surface area contributed by atoms with Crippen LogP contribution in [0.1, 0.15) is 59.6 Å². The van der Waals surface area contributed by atoms with Crippen molar-refractivity contribution in [3.63, 3.8) is 0 Å². The van der Waals surface area contributed by atoms with Gasteiger partial charge in [0, 0.05) is 5.92 Å². The maximum Gasteiger partial charge on any atom is 0.306 e. The molecule has 1 saturated carbocycles. The molecule has 1 aliphatic rings. The molecule has 3 atom stereocenters. The van der Waals surface area contributed by atoms with E-state index in [2.05, 4.69) is 6.07 Å². The molecular formula is C18H26O3. The van der Waals surface area contributed by atoms with Crippen LogP contribution in [0.3, 0.4) is 0 Å². The predicted octanol–water partition coefficient (Wildman–Crippen LogP) is 3.84. The molecule has 0 saturated heterocycles. The minimum absolute atomic E-state index is 0.171. The van der Waals surface area contributed by atoms with Gasteiger partial charge >= 0.3 is 5.97 Å². The highest BCUT2D eigenvalue weighted by molar-refractivity contribution is 5.70. The molecule has 0 aromatic heterocycles. The third-order valence-corrected chi connectivity index (χ3v) is 5.26. The molecule has 0 radical (unpaired) electrons. The van der Waals surface area contributed by atoms with Gasteiger partial charge in [-0.1, -0.05) is 18.9 Å². The standard InChI is InChI=1S/C18H26O3/c1-10-9-11(2)13(4)16(12(10)3)17(19)14-7-5-6-8-15(14)18(20)21/h9,14-15,17,19H,5-8H2,1-4H3,(H,20,21). The first-order chi connectivity index (χ1) is 9.84. The van der Waals surface area contributed by atoms with Gasteiger partial charge < -0.3 is 10.2 Å². The highest BCUT2D eigenvalue weighted by Crippen LogP contribution is 2.41. The smallest absolute Gasteiger partial charge is 0.306 e. The fourth-order valence-corrected chi connectivity index (χ4v) is 3.75. The number of benzene rings is 1. The number of hydrogen-bond donors (Lipinski definition) is 2. The molecule has 0 bridgehead atoms. The van der Waals surface area contributed by atoms with E-state index in [1.165, 1.54) is 0 Å². The molecule has 0 amide bonds. The molecule has 0 heterocycles. The van der Waals surface area contributed by atoms with Crippen molar-refractivity contribution in [1.29, 1.82) is 0 Å². The second kappa shape index (κ2) is 6.18. The average molecular weight is 290 g/mol. The van der Waals surface area contributed by atoms with Crippen molar-refractivity contribution in [2.75, 3.05) is 0 Å². The zero-order valence-electron chi connectivity index (χ0n) is 13.4. The van der Waals surface area contributed by atoms with Crippen LogP contribution in [0.5, 0.6) is 0 Å². The summed E-state index contributed by atoms with van der Waals surface area (Å²) in [6.07, 6.45) is 2.76. The Balaban J connectivity index is 2.43. The summed E-state index contributed by atoms with van der Waals surface area (Å²) >= 11 is 0. The van der Waals surface area contributed by atoms with Crippen LogP contribution in [0.15, 0.2) is 6.07 Å². The number of carboxylic acids is 1. The number of aliphatic carboxylic acids is 1. The van der Waals surface area contributed by atoms with E-state index in [-0.39, 0.29) is 5.92 Å². The number of hydrogen-bond acceptors (Lipinski definition) is 2. The van der Waals surface area contributed by atoms with E-state index in [1.807, 2.05) is 27.7 Å². The number of aliphatic hydroxyl groups excluding tert-OH is 1. The van der Waals surface area contributed by atoms with Crippen LogP contribution < -0.4 is 0 Å². The van der Waals surface area contributed by atoms with Crippen molar-refractivity contribution < 1.29 is 15.0 Å². The van der Waals surface area contributed by atoms with E-state index in [0.717, 1.165) is 47.1 Å². The molecule has 3 unspecified atom stereocenters. The number of rotatable bonds is 3. The van der Waals surface area contributed by atoms with Gasteiger partial charge in [-0.15, -0.1) is 0 Å². The maximum atomic E-state index is 11.5. The first-order valence-electron chi connectivity index (χ1n) is 7.82. The van der Waals surface area contributed by atoms with Crippen LogP contribution in [0.25, 0.3) is 0 Å². The lowest BCUT2D eigenvalue weighted by Crippen LogP contribution is -2.32. The Morgan fingerprint density at radius 3 is 2.14 bits per heavy atom. The molecule has 1 aromatic rings. The van der Waals surface area contributed by atoms with Crippen molar-refractivity contribution in [2.24, 2.45) is 11.8 Å². The van der Waals surface area contributed by atoms with E-state index in [9.17, 15) is 15.0 Å². The van der Waals surface area contributed by atoms with Crippen molar-refractivity contribution in [3.05, 3.63) is 33.9 Å². The number of aliphatic hydroxyl groups is 1. The van der Waals surface area contributed by atoms with Crippen LogP contribution in [-0.4, -0.2) is 16.2 Å². The van der Waals surface area contributed by atoms with Gasteiger partial charge in [0.2, 0.25) is 0 Å². The van der Waals surface area contributed by atoms with Crippen molar-refractivity contribution >= 4 is 5.97 Å². The van der Waals surface area contributed by atoms with Crippen molar-refractivity contribution in [3.8, 4) is 0 Å². The van der Waals surface area contributed by atoms with Crippen LogP contribution in [0, 0.1) is 39.5 Å². The van der Waals surface area contributed by atoms with Crippen LogP contribution in [0.4, 0.5) is 0 Å². The predicted molar refractivity (Wildman–Crippen MR) is 83.4 cm³/mol. The zero-order valence-corrected chi connectivity index (χ0v) is 13.4. The molecule has 2 rings (SSSR count). The van der Waals surface area contributed by atoms with Crippen molar-refractivity contribution in [2.45, 2.75) is 59.5 Å². The molecule has 116 valence electrons. The molecule has 3 nitrogen and oxygen atoms in total. The summed E-state index contributed by atoms with van der Waals surface area (Å²) < 4.78 is 0. The Labute approximate surface area is 127 Å². The summed E-state index contributed by atoms with van der Waals surface area (Å²) in [5, 5.41) is 20.4. The lowest BCUT2D eigenvalue weighted by Gasteiger charge is -2.34. The summed E-state index contributed by atoms with van der Waals surface area (Å²) in [5.74, 6) is -1.36. The van der Waals surface area contributed by atoms with E-state index >= 15 is 0 Å². The monoisotopic (exact) mass is 290 g/mol. The van der Waals surface area contributed by atoms with E-state index < -0.39 is 18.0 Å². The molecule has 21 heavy (non-hydrogen) atoms. The third kappa shape index (κ3) is 2.98. The Morgan fingerprint density at radius 1 is 1.10 bits per heavy atom. The highest BCUT2D eigenvalue weighted by atomic mass is 16.4. The van der Waals surface area contributed by atoms with Gasteiger partial charge in [-0.2, -0.15) is 0 Å². The summed E-state index contributed by atoms with van der Waals surface area (Å²) in [5.41, 5.74) is 5.47. The van der Waals surface area contributed by atoms with E-state index in [4.69, 9.17) is 0 Å². The first-order valence-corrected chi connectivity index (χ1v) is 7.82. The van der Waals surface area contributed by atoms with Gasteiger partial charge in [-0.05, 0) is 68.4 Å². The molecule has 1 aromatic carbocycles. The highest BCUT2D eigenvalue weighted by Gasteiger charge is 2.37. The fraction of sp³-hybridized carbons (Fsp3) is 0.611. The quantitative estimate of drug-likeness (QED) is 0.889. The number of carbonyl (C=O) groups is 1. The van der Waals surface area contributed by atoms with Crippen LogP contribution >= 0.6 is 0 Å². The zero-order chi connectivity index (χ0) is 15.7. The SMILES string of the molecule is Cc1cc(C)c(C)c(C(O)C2CCCCC2C(=O)O)c1C.